The first-order valence-corrected chi connectivity index (χ1v) is 11.7. The molecule has 7 N–H and O–H groups in total. The topological polar surface area (TPSA) is 213 Å². The van der Waals surface area contributed by atoms with Gasteiger partial charge in [0.1, 0.15) is 17.4 Å². The Bertz CT molecular complexity index is 1240. The maximum atomic E-state index is 13.0. The van der Waals surface area contributed by atoms with Crippen molar-refractivity contribution in [2.45, 2.75) is 38.1 Å². The SMILES string of the molecule is NC(N)=Nc1ccc2c(c1)OCCCCOc1cc(CCC(=O)N[C@@H](CC(=O)O)C(=O)O)ccc1OC2=O. The highest BCUT2D eigenvalue weighted by Crippen LogP contribution is 2.32. The number of nitrogens with zero attached hydrogens (tertiary/aromatic N) is 1. The van der Waals surface area contributed by atoms with Gasteiger partial charge in [0.2, 0.25) is 5.91 Å². The Kier molecular flexibility index (Phi) is 9.46. The molecule has 0 aromatic heterocycles. The van der Waals surface area contributed by atoms with E-state index in [1.807, 2.05) is 0 Å². The van der Waals surface area contributed by atoms with Crippen LogP contribution in [0.1, 0.15) is 41.6 Å². The summed E-state index contributed by atoms with van der Waals surface area (Å²) in [5.41, 5.74) is 12.1. The van der Waals surface area contributed by atoms with Crippen LogP contribution in [0.2, 0.25) is 0 Å². The van der Waals surface area contributed by atoms with Crippen molar-refractivity contribution < 1.29 is 43.6 Å². The lowest BCUT2D eigenvalue weighted by Crippen LogP contribution is -2.42. The van der Waals surface area contributed by atoms with Gasteiger partial charge >= 0.3 is 17.9 Å². The van der Waals surface area contributed by atoms with E-state index in [-0.39, 0.29) is 35.9 Å². The van der Waals surface area contributed by atoms with E-state index in [0.717, 1.165) is 0 Å². The molecule has 2 aromatic carbocycles. The Morgan fingerprint density at radius 2 is 1.68 bits per heavy atom. The molecular weight excluding hydrogens is 500 g/mol. The monoisotopic (exact) mass is 528 g/mol. The third-order valence-corrected chi connectivity index (χ3v) is 5.36. The van der Waals surface area contributed by atoms with Gasteiger partial charge in [0, 0.05) is 12.5 Å². The number of aliphatic carboxylic acids is 2. The van der Waals surface area contributed by atoms with Gasteiger partial charge in [-0.3, -0.25) is 9.59 Å². The molecule has 13 heteroatoms. The second kappa shape index (κ2) is 12.9. The maximum absolute atomic E-state index is 13.0. The van der Waals surface area contributed by atoms with E-state index in [4.69, 9.17) is 35.9 Å². The zero-order valence-electron chi connectivity index (χ0n) is 20.3. The largest absolute Gasteiger partial charge is 0.493 e. The first kappa shape index (κ1) is 27.8. The molecule has 0 bridgehead atoms. The highest BCUT2D eigenvalue weighted by molar-refractivity contribution is 5.95. The van der Waals surface area contributed by atoms with Gasteiger partial charge < -0.3 is 41.2 Å². The van der Waals surface area contributed by atoms with Gasteiger partial charge in [0.25, 0.3) is 0 Å². The second-order valence-corrected chi connectivity index (χ2v) is 8.35. The van der Waals surface area contributed by atoms with Crippen molar-refractivity contribution in [3.05, 3.63) is 47.5 Å². The summed E-state index contributed by atoms with van der Waals surface area (Å²) in [7, 11) is 0. The molecule has 1 amide bonds. The van der Waals surface area contributed by atoms with Crippen molar-refractivity contribution in [2.75, 3.05) is 13.2 Å². The number of nitrogens with one attached hydrogen (secondary N) is 1. The van der Waals surface area contributed by atoms with E-state index in [0.29, 0.717) is 43.1 Å². The fourth-order valence-corrected chi connectivity index (χ4v) is 3.55. The number of aliphatic imine (C=N–C) groups is 1. The van der Waals surface area contributed by atoms with E-state index >= 15 is 0 Å². The summed E-state index contributed by atoms with van der Waals surface area (Å²) in [4.78, 5) is 51.1. The molecule has 0 saturated heterocycles. The quantitative estimate of drug-likeness (QED) is 0.143. The lowest BCUT2D eigenvalue weighted by molar-refractivity contribution is -0.147. The number of amides is 1. The molecule has 0 fully saturated rings. The number of carbonyl (C=O) groups is 4. The molecule has 202 valence electrons. The molecule has 0 saturated carbocycles. The molecule has 1 heterocycles. The first-order chi connectivity index (χ1) is 18.1. The van der Waals surface area contributed by atoms with Crippen LogP contribution in [0.4, 0.5) is 5.69 Å². The number of carbonyl (C=O) groups excluding carboxylic acids is 2. The second-order valence-electron chi connectivity index (χ2n) is 8.35. The minimum absolute atomic E-state index is 0.0924. The van der Waals surface area contributed by atoms with E-state index in [1.165, 1.54) is 12.1 Å². The number of carboxylic acid groups (broad SMARTS) is 2. The standard InChI is InChI=1S/C25H28N4O9/c26-25(27)28-15-5-6-16-19(12-15)36-9-1-2-10-37-20-11-14(3-7-18(20)38-24(16)35)4-8-21(30)29-17(23(33)34)13-22(31)32/h3,5-7,11-12,17H,1-2,4,8-10,13H2,(H,29,30)(H,31,32)(H,33,34)(H4,26,27,28)/t17-/m0/s1. The average Bonchev–Trinajstić information content (AvgIpc) is 2.84. The van der Waals surface area contributed by atoms with Gasteiger partial charge in [0.05, 0.1) is 25.3 Å². The van der Waals surface area contributed by atoms with Crippen molar-refractivity contribution >= 4 is 35.5 Å². The molecule has 3 rings (SSSR count). The molecule has 1 aliphatic heterocycles. The Balaban J connectivity index is 1.75. The molecule has 0 radical (unpaired) electrons. The van der Waals surface area contributed by atoms with Crippen molar-refractivity contribution in [1.29, 1.82) is 0 Å². The molecule has 0 aliphatic carbocycles. The number of esters is 1. The molecule has 1 aliphatic rings. The van der Waals surface area contributed by atoms with Crippen LogP contribution < -0.4 is 31.0 Å². The molecule has 2 aromatic rings. The first-order valence-electron chi connectivity index (χ1n) is 11.7. The molecule has 0 spiro atoms. The normalized spacial score (nSPS) is 13.9. The van der Waals surface area contributed by atoms with Gasteiger partial charge in [-0.1, -0.05) is 6.07 Å². The van der Waals surface area contributed by atoms with Crippen LogP contribution in [0, 0.1) is 0 Å². The maximum Gasteiger partial charge on any atom is 0.347 e. The van der Waals surface area contributed by atoms with Crippen LogP contribution in [0.5, 0.6) is 17.2 Å². The Morgan fingerprint density at radius 3 is 2.34 bits per heavy atom. The minimum atomic E-state index is -1.53. The van der Waals surface area contributed by atoms with Gasteiger partial charge in [0.15, 0.2) is 17.5 Å². The molecular formula is C25H28N4O9. The highest BCUT2D eigenvalue weighted by Gasteiger charge is 2.23. The van der Waals surface area contributed by atoms with Crippen LogP contribution >= 0.6 is 0 Å². The fourth-order valence-electron chi connectivity index (χ4n) is 3.55. The summed E-state index contributed by atoms with van der Waals surface area (Å²) >= 11 is 0. The highest BCUT2D eigenvalue weighted by atomic mass is 16.6. The summed E-state index contributed by atoms with van der Waals surface area (Å²) in [5, 5.41) is 20.1. The number of benzene rings is 2. The van der Waals surface area contributed by atoms with E-state index in [9.17, 15) is 19.2 Å². The Labute approximate surface area is 217 Å². The lowest BCUT2D eigenvalue weighted by Gasteiger charge is -2.17. The van der Waals surface area contributed by atoms with Crippen LogP contribution in [-0.2, 0) is 20.8 Å². The van der Waals surface area contributed by atoms with Gasteiger partial charge in [-0.25, -0.2) is 14.6 Å². The minimum Gasteiger partial charge on any atom is -0.493 e. The van der Waals surface area contributed by atoms with E-state index < -0.39 is 36.3 Å². The zero-order valence-corrected chi connectivity index (χ0v) is 20.3. The Hall–Kier alpha value is -4.81. The number of guanidine groups is 1. The number of hydrogen-bond acceptors (Lipinski definition) is 8. The summed E-state index contributed by atoms with van der Waals surface area (Å²) in [6.07, 6.45) is 0.661. The summed E-state index contributed by atoms with van der Waals surface area (Å²) < 4.78 is 17.2. The smallest absolute Gasteiger partial charge is 0.347 e. The lowest BCUT2D eigenvalue weighted by atomic mass is 10.1. The number of hydrogen-bond donors (Lipinski definition) is 5. The summed E-state index contributed by atoms with van der Waals surface area (Å²) in [5.74, 6) is -3.49. The fraction of sp³-hybridized carbons (Fsp3) is 0.320. The number of nitrogens with two attached hydrogens (primary N) is 2. The van der Waals surface area contributed by atoms with Gasteiger partial charge in [-0.15, -0.1) is 0 Å². The summed E-state index contributed by atoms with van der Waals surface area (Å²) in [6.45, 7) is 0.629. The third-order valence-electron chi connectivity index (χ3n) is 5.36. The van der Waals surface area contributed by atoms with Crippen molar-refractivity contribution in [2.24, 2.45) is 16.5 Å². The van der Waals surface area contributed by atoms with Crippen LogP contribution in [0.25, 0.3) is 0 Å². The van der Waals surface area contributed by atoms with Crippen LogP contribution in [-0.4, -0.2) is 59.2 Å². The van der Waals surface area contributed by atoms with E-state index in [2.05, 4.69) is 10.3 Å². The number of ether oxygens (including phenoxy) is 3. The number of rotatable bonds is 8. The van der Waals surface area contributed by atoms with Crippen molar-refractivity contribution in [3.8, 4) is 17.2 Å². The molecule has 13 nitrogen and oxygen atoms in total. The molecule has 0 unspecified atom stereocenters. The summed E-state index contributed by atoms with van der Waals surface area (Å²) in [6, 6.07) is 7.86. The number of fused-ring (bicyclic) bond motifs is 2. The predicted molar refractivity (Wildman–Crippen MR) is 134 cm³/mol. The third kappa shape index (κ3) is 8.11. The Morgan fingerprint density at radius 1 is 0.974 bits per heavy atom. The number of aryl methyl sites for hydroxylation is 1. The van der Waals surface area contributed by atoms with Gasteiger partial charge in [-0.05, 0) is 49.1 Å². The zero-order chi connectivity index (χ0) is 27.7. The van der Waals surface area contributed by atoms with Crippen LogP contribution in [0.15, 0.2) is 41.4 Å². The van der Waals surface area contributed by atoms with E-state index in [1.54, 1.807) is 24.3 Å². The number of carboxylic acids is 2. The molecule has 38 heavy (non-hydrogen) atoms. The predicted octanol–water partition coefficient (Wildman–Crippen LogP) is 1.34. The van der Waals surface area contributed by atoms with Gasteiger partial charge in [-0.2, -0.15) is 0 Å². The van der Waals surface area contributed by atoms with Crippen molar-refractivity contribution in [3.63, 3.8) is 0 Å². The average molecular weight is 529 g/mol. The van der Waals surface area contributed by atoms with Crippen LogP contribution in [0.3, 0.4) is 0 Å². The van der Waals surface area contributed by atoms with Crippen molar-refractivity contribution in [1.82, 2.24) is 5.32 Å². The molecule has 1 atom stereocenters.